The van der Waals surface area contributed by atoms with E-state index in [0.717, 1.165) is 0 Å². The molecule has 25 heavy (non-hydrogen) atoms. The first-order chi connectivity index (χ1) is 12.0. The number of nitrogens with two attached hydrogens (primary N) is 2. The molecule has 6 N–H and O–H groups in total. The largest absolute Gasteiger partial charge is 0.507 e. The van der Waals surface area contributed by atoms with Crippen molar-refractivity contribution in [2.75, 3.05) is 11.5 Å². The van der Waals surface area contributed by atoms with Crippen LogP contribution < -0.4 is 11.5 Å². The number of aromatic carboxylic acids is 1. The molecule has 9 heteroatoms. The van der Waals surface area contributed by atoms with Gasteiger partial charge in [0.2, 0.25) is 0 Å². The quantitative estimate of drug-likeness (QED) is 0.537. The van der Waals surface area contributed by atoms with Crippen LogP contribution >= 0.6 is 0 Å². The van der Waals surface area contributed by atoms with Crippen molar-refractivity contribution in [2.45, 2.75) is 0 Å². The number of carboxylic acids is 1. The molecule has 0 bridgehead atoms. The van der Waals surface area contributed by atoms with E-state index in [1.807, 2.05) is 30.3 Å². The van der Waals surface area contributed by atoms with Crippen molar-refractivity contribution >= 4 is 29.0 Å². The van der Waals surface area contributed by atoms with Crippen molar-refractivity contribution in [3.8, 4) is 11.4 Å². The number of benzene rings is 2. The van der Waals surface area contributed by atoms with Gasteiger partial charge in [-0.2, -0.15) is 5.11 Å². The summed E-state index contributed by atoms with van der Waals surface area (Å²) in [6.07, 6.45) is 0. The second-order valence-corrected chi connectivity index (χ2v) is 5.07. The molecule has 9 nitrogen and oxygen atoms in total. The number of hydrogen-bond donors (Lipinski definition) is 4. The van der Waals surface area contributed by atoms with Gasteiger partial charge in [0.15, 0.2) is 17.3 Å². The van der Waals surface area contributed by atoms with Crippen LogP contribution in [-0.2, 0) is 0 Å². The summed E-state index contributed by atoms with van der Waals surface area (Å²) in [7, 11) is 0. The Morgan fingerprint density at radius 1 is 1.08 bits per heavy atom. The van der Waals surface area contributed by atoms with Crippen LogP contribution in [0.4, 0.5) is 23.0 Å². The molecule has 0 amide bonds. The maximum Gasteiger partial charge on any atom is 0.339 e. The average molecular weight is 338 g/mol. The Labute approximate surface area is 141 Å². The smallest absolute Gasteiger partial charge is 0.339 e. The van der Waals surface area contributed by atoms with Crippen molar-refractivity contribution < 1.29 is 15.0 Å². The summed E-state index contributed by atoms with van der Waals surface area (Å²) in [6.45, 7) is 0. The minimum absolute atomic E-state index is 0.0855. The van der Waals surface area contributed by atoms with Gasteiger partial charge in [-0.05, 0) is 30.3 Å². The van der Waals surface area contributed by atoms with Gasteiger partial charge >= 0.3 is 5.97 Å². The Hall–Kier alpha value is -3.88. The number of rotatable bonds is 4. The van der Waals surface area contributed by atoms with Crippen molar-refractivity contribution in [3.05, 3.63) is 54.1 Å². The van der Waals surface area contributed by atoms with Crippen molar-refractivity contribution in [1.29, 1.82) is 0 Å². The minimum atomic E-state index is -1.27. The third-order valence-electron chi connectivity index (χ3n) is 3.40. The summed E-state index contributed by atoms with van der Waals surface area (Å²) in [5, 5.41) is 30.5. The summed E-state index contributed by atoms with van der Waals surface area (Å²) in [5.41, 5.74) is 12.7. The average Bonchev–Trinajstić information content (AvgIpc) is 2.89. The number of aromatic nitrogens is 2. The number of para-hydroxylation sites is 1. The van der Waals surface area contributed by atoms with Gasteiger partial charge in [-0.1, -0.05) is 18.2 Å². The maximum absolute atomic E-state index is 11.0. The molecule has 1 heterocycles. The number of aromatic hydroxyl groups is 1. The molecule has 2 aromatic carbocycles. The van der Waals surface area contributed by atoms with Crippen LogP contribution in [0.5, 0.6) is 5.75 Å². The predicted molar refractivity (Wildman–Crippen MR) is 91.6 cm³/mol. The lowest BCUT2D eigenvalue weighted by atomic mass is 10.2. The number of azo groups is 1. The fraction of sp³-hybridized carbons (Fsp3) is 0. The van der Waals surface area contributed by atoms with E-state index in [1.54, 1.807) is 0 Å². The van der Waals surface area contributed by atoms with Crippen LogP contribution in [0.3, 0.4) is 0 Å². The first-order valence-electron chi connectivity index (χ1n) is 7.15. The number of anilines is 2. The highest BCUT2D eigenvalue weighted by molar-refractivity contribution is 5.91. The van der Waals surface area contributed by atoms with E-state index in [1.165, 1.54) is 22.9 Å². The molecule has 0 aliphatic carbocycles. The van der Waals surface area contributed by atoms with Gasteiger partial charge in [0, 0.05) is 0 Å². The molecule has 0 aliphatic rings. The summed E-state index contributed by atoms with van der Waals surface area (Å²) >= 11 is 0. The number of carboxylic acid groups (broad SMARTS) is 1. The summed E-state index contributed by atoms with van der Waals surface area (Å²) in [5.74, 6) is -1.35. The molecule has 0 spiro atoms. The summed E-state index contributed by atoms with van der Waals surface area (Å²) in [6, 6.07) is 13.0. The van der Waals surface area contributed by atoms with E-state index in [0.29, 0.717) is 5.69 Å². The van der Waals surface area contributed by atoms with Gasteiger partial charge in [0.1, 0.15) is 11.3 Å². The molecule has 0 fully saturated rings. The SMILES string of the molecule is Nc1nn(-c2ccccc2)c(N)c1N=Nc1ccc(O)c(C(=O)O)c1. The zero-order valence-corrected chi connectivity index (χ0v) is 12.9. The zero-order valence-electron chi connectivity index (χ0n) is 12.9. The molecule has 3 aromatic rings. The maximum atomic E-state index is 11.0. The highest BCUT2D eigenvalue weighted by Crippen LogP contribution is 2.33. The number of carbonyl (C=O) groups is 1. The van der Waals surface area contributed by atoms with Gasteiger partial charge in [-0.3, -0.25) is 0 Å². The fourth-order valence-corrected chi connectivity index (χ4v) is 2.17. The van der Waals surface area contributed by atoms with E-state index in [2.05, 4.69) is 15.3 Å². The molecule has 0 atom stereocenters. The van der Waals surface area contributed by atoms with Crippen LogP contribution in [0.1, 0.15) is 10.4 Å². The highest BCUT2D eigenvalue weighted by atomic mass is 16.4. The monoisotopic (exact) mass is 338 g/mol. The minimum Gasteiger partial charge on any atom is -0.507 e. The van der Waals surface area contributed by atoms with Gasteiger partial charge in [0.05, 0.1) is 11.4 Å². The second-order valence-electron chi connectivity index (χ2n) is 5.07. The Morgan fingerprint density at radius 2 is 1.80 bits per heavy atom. The molecule has 1 aromatic heterocycles. The molecule has 0 radical (unpaired) electrons. The molecule has 0 aliphatic heterocycles. The topological polar surface area (TPSA) is 152 Å². The normalized spacial score (nSPS) is 11.0. The second kappa shape index (κ2) is 6.32. The first-order valence-corrected chi connectivity index (χ1v) is 7.15. The Kier molecular flexibility index (Phi) is 4.04. The lowest BCUT2D eigenvalue weighted by Crippen LogP contribution is -2.01. The first kappa shape index (κ1) is 16.0. The summed E-state index contributed by atoms with van der Waals surface area (Å²) in [4.78, 5) is 11.0. The van der Waals surface area contributed by atoms with E-state index < -0.39 is 5.97 Å². The molecular weight excluding hydrogens is 324 g/mol. The zero-order chi connectivity index (χ0) is 18.0. The third kappa shape index (κ3) is 3.11. The van der Waals surface area contributed by atoms with Crippen molar-refractivity contribution in [2.24, 2.45) is 10.2 Å². The van der Waals surface area contributed by atoms with Crippen LogP contribution in [-0.4, -0.2) is 26.0 Å². The van der Waals surface area contributed by atoms with Crippen molar-refractivity contribution in [1.82, 2.24) is 9.78 Å². The van der Waals surface area contributed by atoms with Crippen LogP contribution in [0, 0.1) is 0 Å². The highest BCUT2D eigenvalue weighted by Gasteiger charge is 2.15. The Bertz CT molecular complexity index is 966. The van der Waals surface area contributed by atoms with Gasteiger partial charge in [-0.15, -0.1) is 10.2 Å². The Balaban J connectivity index is 1.96. The lowest BCUT2D eigenvalue weighted by Gasteiger charge is -2.02. The van der Waals surface area contributed by atoms with Gasteiger partial charge < -0.3 is 21.7 Å². The molecule has 0 saturated carbocycles. The number of phenols is 1. The van der Waals surface area contributed by atoms with Gasteiger partial charge in [0.25, 0.3) is 0 Å². The number of hydrogen-bond acceptors (Lipinski definition) is 7. The Morgan fingerprint density at radius 3 is 2.48 bits per heavy atom. The fourth-order valence-electron chi connectivity index (χ4n) is 2.17. The van der Waals surface area contributed by atoms with E-state index in [9.17, 15) is 9.90 Å². The summed E-state index contributed by atoms with van der Waals surface area (Å²) < 4.78 is 1.43. The van der Waals surface area contributed by atoms with Crippen LogP contribution in [0.25, 0.3) is 5.69 Å². The molecule has 126 valence electrons. The molecule has 3 rings (SSSR count). The van der Waals surface area contributed by atoms with E-state index in [4.69, 9.17) is 16.6 Å². The number of nitrogen functional groups attached to an aromatic ring is 2. The number of nitrogens with zero attached hydrogens (tertiary/aromatic N) is 4. The lowest BCUT2D eigenvalue weighted by molar-refractivity contribution is 0.0694. The van der Waals surface area contributed by atoms with E-state index >= 15 is 0 Å². The van der Waals surface area contributed by atoms with Crippen LogP contribution in [0.15, 0.2) is 58.8 Å². The molecular formula is C16H14N6O3. The molecule has 0 unspecified atom stereocenters. The van der Waals surface area contributed by atoms with E-state index in [-0.39, 0.29) is 34.3 Å². The van der Waals surface area contributed by atoms with Crippen molar-refractivity contribution in [3.63, 3.8) is 0 Å². The standard InChI is InChI=1S/C16H14N6O3/c17-14-13(15(18)22(21-14)10-4-2-1-3-5-10)20-19-9-6-7-12(23)11(8-9)16(24)25/h1-8,23H,18H2,(H2,17,21)(H,24,25). The molecule has 0 saturated heterocycles. The third-order valence-corrected chi connectivity index (χ3v) is 3.40. The van der Waals surface area contributed by atoms with Crippen LogP contribution in [0.2, 0.25) is 0 Å². The predicted octanol–water partition coefficient (Wildman–Crippen LogP) is 2.86. The van der Waals surface area contributed by atoms with Gasteiger partial charge in [-0.25, -0.2) is 9.48 Å².